The van der Waals surface area contributed by atoms with Gasteiger partial charge in [-0.15, -0.1) is 13.2 Å². The highest BCUT2D eigenvalue weighted by atomic mass is 79.9. The Morgan fingerprint density at radius 1 is 0.962 bits per heavy atom. The highest BCUT2D eigenvalue weighted by molar-refractivity contribution is 9.10. The number of benzene rings is 3. The predicted molar refractivity (Wildman–Crippen MR) is 210 cm³/mol. The van der Waals surface area contributed by atoms with Crippen molar-refractivity contribution in [1.29, 1.82) is 0 Å². The van der Waals surface area contributed by atoms with Crippen LogP contribution in [0.5, 0.6) is 11.5 Å². The van der Waals surface area contributed by atoms with E-state index in [0.717, 1.165) is 47.7 Å². The van der Waals surface area contributed by atoms with Gasteiger partial charge in [0.1, 0.15) is 6.04 Å². The lowest BCUT2D eigenvalue weighted by Crippen LogP contribution is -2.56. The molecular weight excluding hydrogens is 734 g/mol. The van der Waals surface area contributed by atoms with Gasteiger partial charge in [0, 0.05) is 40.7 Å². The molecule has 0 N–H and O–H groups in total. The minimum Gasteiger partial charge on any atom is -0.454 e. The van der Waals surface area contributed by atoms with E-state index in [1.54, 1.807) is 34.1 Å². The lowest BCUT2D eigenvalue weighted by molar-refractivity contribution is -0.151. The third kappa shape index (κ3) is 8.54. The molecule has 0 spiro atoms. The summed E-state index contributed by atoms with van der Waals surface area (Å²) in [4.78, 5) is 50.1. The van der Waals surface area contributed by atoms with Gasteiger partial charge in [-0.05, 0) is 61.1 Å². The molecule has 2 heterocycles. The van der Waals surface area contributed by atoms with Gasteiger partial charge in [-0.25, -0.2) is 0 Å². The zero-order valence-electron chi connectivity index (χ0n) is 30.8. The Labute approximate surface area is 321 Å². The first-order valence-electron chi connectivity index (χ1n) is 18.7. The maximum atomic E-state index is 15.7. The van der Waals surface area contributed by atoms with Crippen LogP contribution in [-0.4, -0.2) is 66.2 Å². The number of ether oxygens (including phenoxy) is 3. The van der Waals surface area contributed by atoms with E-state index < -0.39 is 18.1 Å². The number of rotatable bonds is 15. The predicted octanol–water partition coefficient (Wildman–Crippen LogP) is 8.49. The lowest BCUT2D eigenvalue weighted by Gasteiger charge is -2.41. The number of carbonyl (C=O) groups is 3. The SMILES string of the molecule is C=CCOC[C@@H]1[C@@H](N(Cc2ccc(Br)cc2)C(=O)[C@H](CC(C)C)N(CC=C)C(=O)C2CCCCC2)c2cc3c(cc2N1C(=O)c1ccccc1)OCO3. The standard InChI is InChI=1S/C43H50BrN3O6/c1-5-21-45(41(48)31-13-9-7-10-14-31)36(23-29(3)4)43(50)46(26-30-17-19-33(44)20-18-30)40-34-24-38-39(53-28-52-38)25-35(34)47(37(40)27-51-22-6-2)42(49)32-15-11-8-12-16-32/h5-6,8,11-12,15-20,24-25,29,31,36-37,40H,1-2,7,9-10,13-14,21-23,26-28H2,3-4H3/t36-,37+,40-/m0/s1. The third-order valence-corrected chi connectivity index (χ3v) is 10.9. The molecule has 6 rings (SSSR count). The van der Waals surface area contributed by atoms with Crippen LogP contribution in [0.1, 0.15) is 79.9 Å². The average molecular weight is 785 g/mol. The zero-order valence-corrected chi connectivity index (χ0v) is 32.3. The molecule has 0 aromatic heterocycles. The van der Waals surface area contributed by atoms with Crippen molar-refractivity contribution in [3.8, 4) is 11.5 Å². The first-order valence-corrected chi connectivity index (χ1v) is 19.5. The van der Waals surface area contributed by atoms with Crippen molar-refractivity contribution >= 4 is 39.3 Å². The van der Waals surface area contributed by atoms with Crippen LogP contribution in [0.3, 0.4) is 0 Å². The van der Waals surface area contributed by atoms with Gasteiger partial charge in [0.25, 0.3) is 5.91 Å². The molecule has 3 amide bonds. The van der Waals surface area contributed by atoms with Crippen molar-refractivity contribution < 1.29 is 28.6 Å². The van der Waals surface area contributed by atoms with E-state index in [-0.39, 0.29) is 62.7 Å². The molecule has 3 aromatic carbocycles. The molecule has 0 unspecified atom stereocenters. The van der Waals surface area contributed by atoms with Gasteiger partial charge >= 0.3 is 0 Å². The van der Waals surface area contributed by atoms with Gasteiger partial charge in [-0.3, -0.25) is 14.4 Å². The number of hydrogen-bond acceptors (Lipinski definition) is 6. The maximum absolute atomic E-state index is 15.7. The number of anilines is 1. The Bertz CT molecular complexity index is 1770. The van der Waals surface area contributed by atoms with E-state index in [1.807, 2.05) is 59.5 Å². The van der Waals surface area contributed by atoms with E-state index in [2.05, 4.69) is 42.9 Å². The van der Waals surface area contributed by atoms with Crippen molar-refractivity contribution in [1.82, 2.24) is 9.80 Å². The number of fused-ring (bicyclic) bond motifs is 2. The summed E-state index contributed by atoms with van der Waals surface area (Å²) in [5, 5.41) is 0. The zero-order chi connectivity index (χ0) is 37.5. The summed E-state index contributed by atoms with van der Waals surface area (Å²) in [6.07, 6.45) is 8.62. The van der Waals surface area contributed by atoms with Crippen LogP contribution in [0, 0.1) is 11.8 Å². The molecular formula is C43H50BrN3O6. The summed E-state index contributed by atoms with van der Waals surface area (Å²) >= 11 is 3.56. The smallest absolute Gasteiger partial charge is 0.258 e. The van der Waals surface area contributed by atoms with E-state index in [4.69, 9.17) is 14.2 Å². The molecule has 0 saturated heterocycles. The average Bonchev–Trinajstić information content (AvgIpc) is 3.76. The summed E-state index contributed by atoms with van der Waals surface area (Å²) < 4.78 is 18.8. The second kappa shape index (κ2) is 17.6. The van der Waals surface area contributed by atoms with E-state index in [0.29, 0.717) is 29.2 Å². The number of nitrogens with zero attached hydrogens (tertiary/aromatic N) is 3. The molecule has 0 radical (unpaired) electrons. The monoisotopic (exact) mass is 783 g/mol. The summed E-state index contributed by atoms with van der Waals surface area (Å²) in [7, 11) is 0. The van der Waals surface area contributed by atoms with Crippen molar-refractivity contribution in [2.24, 2.45) is 11.8 Å². The summed E-state index contributed by atoms with van der Waals surface area (Å²) in [6, 6.07) is 18.7. The molecule has 1 fully saturated rings. The van der Waals surface area contributed by atoms with Crippen LogP contribution >= 0.6 is 15.9 Å². The molecule has 1 saturated carbocycles. The highest BCUT2D eigenvalue weighted by Gasteiger charge is 2.49. The van der Waals surface area contributed by atoms with E-state index in [9.17, 15) is 9.59 Å². The fourth-order valence-electron chi connectivity index (χ4n) is 7.91. The minimum atomic E-state index is -0.760. The van der Waals surface area contributed by atoms with Gasteiger partial charge < -0.3 is 28.9 Å². The summed E-state index contributed by atoms with van der Waals surface area (Å²) in [6.45, 7) is 12.9. The molecule has 3 aliphatic rings. The fourth-order valence-corrected chi connectivity index (χ4v) is 8.17. The first kappa shape index (κ1) is 38.3. The molecule has 10 heteroatoms. The fraction of sp³-hybridized carbons (Fsp3) is 0.419. The Balaban J connectivity index is 1.52. The van der Waals surface area contributed by atoms with Crippen molar-refractivity contribution in [3.63, 3.8) is 0 Å². The van der Waals surface area contributed by atoms with Crippen molar-refractivity contribution in [2.75, 3.05) is 31.5 Å². The number of amides is 3. The normalized spacial score (nSPS) is 18.4. The van der Waals surface area contributed by atoms with Crippen LogP contribution in [0.25, 0.3) is 0 Å². The van der Waals surface area contributed by atoms with Gasteiger partial charge in [0.15, 0.2) is 11.5 Å². The van der Waals surface area contributed by atoms with E-state index in [1.165, 1.54) is 0 Å². The van der Waals surface area contributed by atoms with Crippen LogP contribution in [0.15, 0.2) is 96.5 Å². The van der Waals surface area contributed by atoms with Crippen molar-refractivity contribution in [3.05, 3.63) is 113 Å². The Hall–Kier alpha value is -4.41. The number of halogens is 1. The van der Waals surface area contributed by atoms with Crippen LogP contribution in [-0.2, 0) is 20.9 Å². The third-order valence-electron chi connectivity index (χ3n) is 10.4. The van der Waals surface area contributed by atoms with Crippen LogP contribution in [0.4, 0.5) is 5.69 Å². The summed E-state index contributed by atoms with van der Waals surface area (Å²) in [5.74, 6) is 0.646. The first-order chi connectivity index (χ1) is 25.7. The van der Waals surface area contributed by atoms with Gasteiger partial charge in [0.2, 0.25) is 18.6 Å². The lowest BCUT2D eigenvalue weighted by atomic mass is 9.87. The molecule has 3 atom stereocenters. The second-order valence-electron chi connectivity index (χ2n) is 14.5. The molecule has 2 aliphatic heterocycles. The quantitative estimate of drug-likeness (QED) is 0.114. The molecule has 280 valence electrons. The maximum Gasteiger partial charge on any atom is 0.258 e. The van der Waals surface area contributed by atoms with Crippen LogP contribution < -0.4 is 14.4 Å². The largest absolute Gasteiger partial charge is 0.454 e. The van der Waals surface area contributed by atoms with Crippen LogP contribution in [0.2, 0.25) is 0 Å². The van der Waals surface area contributed by atoms with Crippen molar-refractivity contribution in [2.45, 2.75) is 77.0 Å². The molecule has 9 nitrogen and oxygen atoms in total. The van der Waals surface area contributed by atoms with E-state index >= 15 is 4.79 Å². The Morgan fingerprint density at radius 3 is 2.32 bits per heavy atom. The second-order valence-corrected chi connectivity index (χ2v) is 15.4. The molecule has 3 aromatic rings. The minimum absolute atomic E-state index is 0.00845. The molecule has 1 aliphatic carbocycles. The van der Waals surface area contributed by atoms with Gasteiger partial charge in [-0.1, -0.05) is 91.5 Å². The molecule has 0 bridgehead atoms. The number of carbonyl (C=O) groups excluding carboxylic acids is 3. The highest BCUT2D eigenvalue weighted by Crippen LogP contribution is 2.50. The van der Waals surface area contributed by atoms with Gasteiger partial charge in [-0.2, -0.15) is 0 Å². The summed E-state index contributed by atoms with van der Waals surface area (Å²) in [5.41, 5.74) is 2.77. The van der Waals surface area contributed by atoms with Gasteiger partial charge in [0.05, 0.1) is 31.0 Å². The Morgan fingerprint density at radius 2 is 1.66 bits per heavy atom. The number of hydrogen-bond donors (Lipinski definition) is 0. The molecule has 53 heavy (non-hydrogen) atoms. The topological polar surface area (TPSA) is 88.6 Å². The Kier molecular flexibility index (Phi) is 12.7.